The molecular weight excluding hydrogens is 670 g/mol. The summed E-state index contributed by atoms with van der Waals surface area (Å²) in [5.74, 6) is 3.04. The van der Waals surface area contributed by atoms with E-state index in [1.54, 1.807) is 31.4 Å². The van der Waals surface area contributed by atoms with Gasteiger partial charge in [0.15, 0.2) is 10.8 Å². The van der Waals surface area contributed by atoms with Gasteiger partial charge in [-0.25, -0.2) is 24.2 Å². The van der Waals surface area contributed by atoms with E-state index < -0.39 is 27.6 Å². The van der Waals surface area contributed by atoms with E-state index in [1.807, 2.05) is 23.5 Å². The Balaban J connectivity index is 1.01. The van der Waals surface area contributed by atoms with Crippen molar-refractivity contribution < 1.29 is 27.9 Å². The van der Waals surface area contributed by atoms with E-state index in [2.05, 4.69) is 15.1 Å². The first-order valence-electron chi connectivity index (χ1n) is 16.9. The molecule has 13 nitrogen and oxygen atoms in total. The Labute approximate surface area is 292 Å². The molecule has 1 aliphatic heterocycles. The molecule has 6 rings (SSSR count). The summed E-state index contributed by atoms with van der Waals surface area (Å²) in [6.45, 7) is 5.58. The summed E-state index contributed by atoms with van der Waals surface area (Å²) in [7, 11) is -2.53. The van der Waals surface area contributed by atoms with Gasteiger partial charge in [-0.1, -0.05) is 17.7 Å². The molecule has 1 atom stereocenters. The zero-order valence-corrected chi connectivity index (χ0v) is 29.7. The van der Waals surface area contributed by atoms with Gasteiger partial charge in [-0.15, -0.1) is 5.10 Å². The van der Waals surface area contributed by atoms with Crippen LogP contribution in [0.15, 0.2) is 47.6 Å². The lowest BCUT2D eigenvalue weighted by atomic mass is 9.93. The lowest BCUT2D eigenvalue weighted by Crippen LogP contribution is -2.41. The summed E-state index contributed by atoms with van der Waals surface area (Å²) >= 11 is 6.35. The topological polar surface area (TPSA) is 160 Å². The minimum atomic E-state index is -4.34. The van der Waals surface area contributed by atoms with Gasteiger partial charge in [0.1, 0.15) is 11.0 Å². The Morgan fingerprint density at radius 3 is 2.51 bits per heavy atom. The van der Waals surface area contributed by atoms with Crippen molar-refractivity contribution in [2.24, 2.45) is 23.7 Å². The third kappa shape index (κ3) is 8.46. The second kappa shape index (κ2) is 14.1. The minimum absolute atomic E-state index is 0.117. The van der Waals surface area contributed by atoms with E-state index in [9.17, 15) is 23.1 Å². The second-order valence-corrected chi connectivity index (χ2v) is 16.2. The van der Waals surface area contributed by atoms with Gasteiger partial charge in [-0.3, -0.25) is 4.79 Å². The number of carboxylic acid groups (broad SMARTS) is 1. The lowest BCUT2D eigenvalue weighted by Gasteiger charge is -2.28. The summed E-state index contributed by atoms with van der Waals surface area (Å²) < 4.78 is 35.8. The smallest absolute Gasteiger partial charge is 0.407 e. The SMILES string of the molecule is CN(CCCC1CN(C(=O)O)C(C)(C)C1)c1cccc(S(=O)(=O)NC(=O)c2ccc(-n3ccc(OCCC(C4CC4)C4CC4)n3)nc2Cl)n1. The van der Waals surface area contributed by atoms with E-state index >= 15 is 0 Å². The highest BCUT2D eigenvalue weighted by Gasteiger charge is 2.42. The normalized spacial score (nSPS) is 18.9. The van der Waals surface area contributed by atoms with Gasteiger partial charge in [0.2, 0.25) is 5.88 Å². The van der Waals surface area contributed by atoms with Gasteiger partial charge < -0.3 is 19.6 Å². The fraction of sp³-hybridized carbons (Fsp3) is 0.559. The molecule has 3 aromatic heterocycles. The first-order valence-corrected chi connectivity index (χ1v) is 18.8. The predicted octanol–water partition coefficient (Wildman–Crippen LogP) is 5.63. The van der Waals surface area contributed by atoms with Crippen molar-refractivity contribution in [2.75, 3.05) is 31.6 Å². The molecule has 264 valence electrons. The molecule has 15 heteroatoms. The molecule has 2 aliphatic carbocycles. The van der Waals surface area contributed by atoms with Crippen LogP contribution in [0.1, 0.15) is 75.6 Å². The van der Waals surface area contributed by atoms with Crippen molar-refractivity contribution in [3.63, 3.8) is 0 Å². The number of nitrogens with zero attached hydrogens (tertiary/aromatic N) is 6. The number of aromatic nitrogens is 4. The highest BCUT2D eigenvalue weighted by molar-refractivity contribution is 7.90. The first kappa shape index (κ1) is 34.9. The Morgan fingerprint density at radius 2 is 1.86 bits per heavy atom. The molecule has 49 heavy (non-hydrogen) atoms. The molecule has 2 N–H and O–H groups in total. The fourth-order valence-corrected chi connectivity index (χ4v) is 8.25. The van der Waals surface area contributed by atoms with E-state index in [-0.39, 0.29) is 21.7 Å². The number of pyridine rings is 2. The number of anilines is 1. The fourth-order valence-electron chi connectivity index (χ4n) is 7.08. The first-order chi connectivity index (χ1) is 23.3. The number of nitrogens with one attached hydrogen (secondary N) is 1. The summed E-state index contributed by atoms with van der Waals surface area (Å²) in [5.41, 5.74) is -0.514. The van der Waals surface area contributed by atoms with Crippen molar-refractivity contribution in [1.29, 1.82) is 0 Å². The summed E-state index contributed by atoms with van der Waals surface area (Å²) in [6.07, 6.45) is 9.56. The number of carbonyl (C=O) groups excluding carboxylic acids is 1. The maximum absolute atomic E-state index is 13.2. The van der Waals surface area contributed by atoms with E-state index in [1.165, 1.54) is 53.5 Å². The summed E-state index contributed by atoms with van der Waals surface area (Å²) in [5, 5.41) is 13.4. The Bertz CT molecular complexity index is 1780. The summed E-state index contributed by atoms with van der Waals surface area (Å²) in [4.78, 5) is 36.5. The van der Waals surface area contributed by atoms with Crippen LogP contribution in [0.25, 0.3) is 5.82 Å². The number of rotatable bonds is 15. The van der Waals surface area contributed by atoms with Crippen molar-refractivity contribution >= 4 is 39.4 Å². The number of likely N-dealkylation sites (tertiary alicyclic amines) is 1. The van der Waals surface area contributed by atoms with E-state index in [0.29, 0.717) is 37.2 Å². The molecule has 0 aromatic carbocycles. The standard InChI is InChI=1S/C34H44ClN7O6S/c1-34(2)20-22(21-41(34)33(44)45)6-5-17-40(3)27-7-4-8-30(36-27)49(46,47)39-32(43)26-13-14-28(37-31(26)35)42-18-15-29(38-42)48-19-16-25(23-9-10-23)24-11-12-24/h4,7-8,13-15,18,22-25H,5-6,9-12,16-17,19-21H2,1-3H3,(H,39,43)(H,44,45). The highest BCUT2D eigenvalue weighted by Crippen LogP contribution is 2.50. The highest BCUT2D eigenvalue weighted by atomic mass is 35.5. The number of hydrogen-bond donors (Lipinski definition) is 2. The van der Waals surface area contributed by atoms with Gasteiger partial charge in [-0.05, 0) is 113 Å². The monoisotopic (exact) mass is 713 g/mol. The third-order valence-corrected chi connectivity index (χ3v) is 11.5. The van der Waals surface area contributed by atoms with Crippen LogP contribution in [0.3, 0.4) is 0 Å². The molecule has 3 aromatic rings. The minimum Gasteiger partial charge on any atom is -0.477 e. The largest absolute Gasteiger partial charge is 0.477 e. The number of carbonyl (C=O) groups is 2. The van der Waals surface area contributed by atoms with Crippen LogP contribution in [0.4, 0.5) is 10.6 Å². The Hall–Kier alpha value is -3.91. The number of amides is 2. The number of halogens is 1. The van der Waals surface area contributed by atoms with Gasteiger partial charge in [0.25, 0.3) is 15.9 Å². The van der Waals surface area contributed by atoms with Gasteiger partial charge in [-0.2, -0.15) is 8.42 Å². The maximum Gasteiger partial charge on any atom is 0.407 e. The zero-order valence-electron chi connectivity index (χ0n) is 28.1. The van der Waals surface area contributed by atoms with E-state index in [4.69, 9.17) is 16.3 Å². The van der Waals surface area contributed by atoms with Gasteiger partial charge >= 0.3 is 6.09 Å². The van der Waals surface area contributed by atoms with Crippen LogP contribution < -0.4 is 14.4 Å². The Morgan fingerprint density at radius 1 is 1.12 bits per heavy atom. The van der Waals surface area contributed by atoms with Crippen LogP contribution in [0, 0.1) is 23.7 Å². The van der Waals surface area contributed by atoms with Crippen LogP contribution in [-0.2, 0) is 10.0 Å². The molecule has 0 radical (unpaired) electrons. The molecule has 2 saturated carbocycles. The maximum atomic E-state index is 13.2. The molecule has 2 amide bonds. The molecule has 3 aliphatic rings. The predicted molar refractivity (Wildman–Crippen MR) is 184 cm³/mol. The number of ether oxygens (including phenoxy) is 1. The average Bonchev–Trinajstić information content (AvgIpc) is 3.99. The van der Waals surface area contributed by atoms with Gasteiger partial charge in [0.05, 0.1) is 12.2 Å². The number of sulfonamides is 1. The van der Waals surface area contributed by atoms with Crippen molar-refractivity contribution in [2.45, 2.75) is 75.8 Å². The second-order valence-electron chi connectivity index (χ2n) is 14.2. The summed E-state index contributed by atoms with van der Waals surface area (Å²) in [6, 6.07) is 9.23. The van der Waals surface area contributed by atoms with Gasteiger partial charge in [0, 0.05) is 37.9 Å². The van der Waals surface area contributed by atoms with Crippen molar-refractivity contribution in [3.8, 4) is 11.7 Å². The molecule has 3 fully saturated rings. The Kier molecular flexibility index (Phi) is 10.1. The molecular formula is C34H44ClN7O6S. The third-order valence-electron chi connectivity index (χ3n) is 9.93. The molecule has 4 heterocycles. The van der Waals surface area contributed by atoms with Crippen LogP contribution in [0.5, 0.6) is 5.88 Å². The molecule has 1 unspecified atom stereocenters. The molecule has 0 spiro atoms. The quantitative estimate of drug-likeness (QED) is 0.189. The number of hydrogen-bond acceptors (Lipinski definition) is 9. The average molecular weight is 714 g/mol. The van der Waals surface area contributed by atoms with Crippen LogP contribution in [-0.4, -0.2) is 82.5 Å². The van der Waals surface area contributed by atoms with Crippen LogP contribution in [0.2, 0.25) is 5.15 Å². The lowest BCUT2D eigenvalue weighted by molar-refractivity contribution is 0.0980. The molecule has 0 bridgehead atoms. The zero-order chi connectivity index (χ0) is 34.9. The van der Waals surface area contributed by atoms with Crippen molar-refractivity contribution in [1.82, 2.24) is 29.4 Å². The van der Waals surface area contributed by atoms with E-state index in [0.717, 1.165) is 43.4 Å². The molecule has 1 saturated heterocycles. The van der Waals surface area contributed by atoms with Crippen LogP contribution >= 0.6 is 11.6 Å². The van der Waals surface area contributed by atoms with Crippen molar-refractivity contribution in [3.05, 3.63) is 53.3 Å².